The van der Waals surface area contributed by atoms with E-state index in [0.29, 0.717) is 25.1 Å². The lowest BCUT2D eigenvalue weighted by Crippen LogP contribution is -2.45. The Labute approximate surface area is 173 Å². The van der Waals surface area contributed by atoms with Crippen molar-refractivity contribution in [2.75, 3.05) is 53.0 Å². The molecule has 0 spiro atoms. The largest absolute Gasteiger partial charge is 0.396 e. The third kappa shape index (κ3) is 5.47. The molecule has 3 N–H and O–H groups in total. The van der Waals surface area contributed by atoms with E-state index < -0.39 is 0 Å². The highest BCUT2D eigenvalue weighted by atomic mass is 32.1. The van der Waals surface area contributed by atoms with Gasteiger partial charge < -0.3 is 20.5 Å². The van der Waals surface area contributed by atoms with Crippen molar-refractivity contribution in [1.29, 1.82) is 0 Å². The highest BCUT2D eigenvalue weighted by Crippen LogP contribution is 2.37. The van der Waals surface area contributed by atoms with Crippen LogP contribution in [0.5, 0.6) is 0 Å². The molecule has 0 amide bonds. The highest BCUT2D eigenvalue weighted by Gasteiger charge is 2.35. The van der Waals surface area contributed by atoms with Crippen LogP contribution in [0.4, 0.5) is 0 Å². The van der Waals surface area contributed by atoms with Gasteiger partial charge in [-0.25, -0.2) is 0 Å². The molecule has 3 atom stereocenters. The predicted molar refractivity (Wildman–Crippen MR) is 116 cm³/mol. The van der Waals surface area contributed by atoms with E-state index in [1.165, 1.54) is 17.7 Å². The van der Waals surface area contributed by atoms with Crippen molar-refractivity contribution in [2.45, 2.75) is 38.6 Å². The number of ether oxygens (including phenoxy) is 1. The lowest BCUT2D eigenvalue weighted by atomic mass is 9.84. The molecule has 0 radical (unpaired) electrons. The van der Waals surface area contributed by atoms with Gasteiger partial charge >= 0.3 is 0 Å². The Morgan fingerprint density at radius 3 is 3.04 bits per heavy atom. The fraction of sp³-hybridized carbons (Fsp3) is 0.762. The van der Waals surface area contributed by atoms with Gasteiger partial charge in [0.1, 0.15) is 0 Å². The van der Waals surface area contributed by atoms with E-state index >= 15 is 0 Å². The molecule has 2 saturated heterocycles. The molecule has 7 heteroatoms. The van der Waals surface area contributed by atoms with Gasteiger partial charge in [0.15, 0.2) is 5.96 Å². The summed E-state index contributed by atoms with van der Waals surface area (Å²) in [6.07, 6.45) is 4.21. The zero-order valence-electron chi connectivity index (χ0n) is 17.3. The number of aliphatic hydroxyl groups is 1. The number of hydrogen-bond acceptors (Lipinski definition) is 5. The van der Waals surface area contributed by atoms with Crippen LogP contribution in [0.15, 0.2) is 22.5 Å². The maximum Gasteiger partial charge on any atom is 0.191 e. The van der Waals surface area contributed by atoms with Gasteiger partial charge in [0.05, 0.1) is 13.2 Å². The number of nitrogens with one attached hydrogen (secondary N) is 2. The monoisotopic (exact) mass is 408 g/mol. The maximum atomic E-state index is 9.44. The molecule has 158 valence electrons. The smallest absolute Gasteiger partial charge is 0.191 e. The molecule has 0 bridgehead atoms. The van der Waals surface area contributed by atoms with Gasteiger partial charge in [-0.3, -0.25) is 9.89 Å². The minimum absolute atomic E-state index is 0.0122. The summed E-state index contributed by atoms with van der Waals surface area (Å²) in [7, 11) is 2.24. The molecule has 6 nitrogen and oxygen atoms in total. The Morgan fingerprint density at radius 2 is 2.36 bits per heavy atom. The molecule has 2 fully saturated rings. The Kier molecular flexibility index (Phi) is 8.14. The van der Waals surface area contributed by atoms with Crippen molar-refractivity contribution >= 4 is 17.3 Å². The summed E-state index contributed by atoms with van der Waals surface area (Å²) in [5.41, 5.74) is -0.0122. The van der Waals surface area contributed by atoms with Crippen LogP contribution >= 0.6 is 11.3 Å². The van der Waals surface area contributed by atoms with Crippen LogP contribution in [0, 0.1) is 11.3 Å². The van der Waals surface area contributed by atoms with Gasteiger partial charge in [0, 0.05) is 42.6 Å². The molecule has 2 aliphatic rings. The highest BCUT2D eigenvalue weighted by molar-refractivity contribution is 7.10. The number of aliphatic imine (C=N–C) groups is 1. The number of thiophene rings is 1. The second kappa shape index (κ2) is 10.6. The number of rotatable bonds is 8. The number of aliphatic hydroxyl groups excluding tert-OH is 1. The first-order valence-corrected chi connectivity index (χ1v) is 11.5. The summed E-state index contributed by atoms with van der Waals surface area (Å²) in [4.78, 5) is 8.83. The quantitative estimate of drug-likeness (QED) is 0.455. The first-order valence-electron chi connectivity index (χ1n) is 10.6. The molecule has 2 aliphatic heterocycles. The number of guanidine groups is 1. The Bertz CT molecular complexity index is 602. The first-order chi connectivity index (χ1) is 13.7. The van der Waals surface area contributed by atoms with Gasteiger partial charge in [0.25, 0.3) is 0 Å². The van der Waals surface area contributed by atoms with Crippen LogP contribution in [-0.2, 0) is 4.74 Å². The Balaban J connectivity index is 1.63. The molecule has 0 saturated carbocycles. The van der Waals surface area contributed by atoms with Crippen molar-refractivity contribution in [2.24, 2.45) is 16.3 Å². The van der Waals surface area contributed by atoms with Gasteiger partial charge in [-0.1, -0.05) is 6.07 Å². The van der Waals surface area contributed by atoms with Crippen LogP contribution < -0.4 is 10.6 Å². The molecule has 3 rings (SSSR count). The van der Waals surface area contributed by atoms with Crippen molar-refractivity contribution in [3.05, 3.63) is 22.4 Å². The summed E-state index contributed by atoms with van der Waals surface area (Å²) in [5.74, 6) is 1.45. The molecule has 0 aliphatic carbocycles. The fourth-order valence-electron chi connectivity index (χ4n) is 4.49. The van der Waals surface area contributed by atoms with E-state index in [2.05, 4.69) is 47.0 Å². The van der Waals surface area contributed by atoms with Gasteiger partial charge in [-0.05, 0) is 63.6 Å². The fourth-order valence-corrected chi connectivity index (χ4v) is 5.47. The Hall–Kier alpha value is -1.15. The molecular weight excluding hydrogens is 372 g/mol. The lowest BCUT2D eigenvalue weighted by Gasteiger charge is -2.39. The van der Waals surface area contributed by atoms with E-state index in [4.69, 9.17) is 9.73 Å². The molecule has 1 aromatic heterocycles. The minimum atomic E-state index is -0.0122. The summed E-state index contributed by atoms with van der Waals surface area (Å²) in [5, 5.41) is 18.6. The molecule has 28 heavy (non-hydrogen) atoms. The van der Waals surface area contributed by atoms with E-state index in [1.807, 2.05) is 11.3 Å². The van der Waals surface area contributed by atoms with Crippen LogP contribution in [0.2, 0.25) is 0 Å². The minimum Gasteiger partial charge on any atom is -0.396 e. The topological polar surface area (TPSA) is 69.1 Å². The van der Waals surface area contributed by atoms with Gasteiger partial charge in [0.2, 0.25) is 0 Å². The van der Waals surface area contributed by atoms with E-state index in [0.717, 1.165) is 45.0 Å². The van der Waals surface area contributed by atoms with Crippen LogP contribution in [-0.4, -0.2) is 69.0 Å². The molecule has 1 aromatic rings. The Morgan fingerprint density at radius 1 is 1.46 bits per heavy atom. The average Bonchev–Trinajstić information content (AvgIpc) is 3.37. The van der Waals surface area contributed by atoms with Crippen molar-refractivity contribution in [3.63, 3.8) is 0 Å². The predicted octanol–water partition coefficient (Wildman–Crippen LogP) is 2.48. The van der Waals surface area contributed by atoms with Gasteiger partial charge in [-0.2, -0.15) is 0 Å². The summed E-state index contributed by atoms with van der Waals surface area (Å²) in [6.45, 7) is 7.39. The SMILES string of the molecule is CCNC(=NCC1(CCO)CCOC1)NCC1CCCN(C)C1c1cccs1. The van der Waals surface area contributed by atoms with Crippen molar-refractivity contribution < 1.29 is 9.84 Å². The van der Waals surface area contributed by atoms with E-state index in [1.54, 1.807) is 0 Å². The molecule has 3 unspecified atom stereocenters. The van der Waals surface area contributed by atoms with E-state index in [-0.39, 0.29) is 12.0 Å². The second-order valence-electron chi connectivity index (χ2n) is 8.20. The van der Waals surface area contributed by atoms with Gasteiger partial charge in [-0.15, -0.1) is 11.3 Å². The zero-order valence-corrected chi connectivity index (χ0v) is 18.1. The van der Waals surface area contributed by atoms with Crippen LogP contribution in [0.3, 0.4) is 0 Å². The maximum absolute atomic E-state index is 9.44. The third-order valence-electron chi connectivity index (χ3n) is 6.12. The second-order valence-corrected chi connectivity index (χ2v) is 9.17. The first kappa shape index (κ1) is 21.6. The number of likely N-dealkylation sites (tertiary alicyclic amines) is 1. The molecule has 0 aromatic carbocycles. The number of hydrogen-bond donors (Lipinski definition) is 3. The number of nitrogens with zero attached hydrogens (tertiary/aromatic N) is 2. The third-order valence-corrected chi connectivity index (χ3v) is 7.06. The van der Waals surface area contributed by atoms with Crippen LogP contribution in [0.25, 0.3) is 0 Å². The lowest BCUT2D eigenvalue weighted by molar-refractivity contribution is 0.125. The summed E-state index contributed by atoms with van der Waals surface area (Å²) in [6, 6.07) is 4.90. The number of piperidine rings is 1. The average molecular weight is 409 g/mol. The normalized spacial score (nSPS) is 29.2. The standard InChI is InChI=1S/C21H36N4O2S/c1-3-22-20(24-15-21(8-11-26)9-12-27-16-21)23-14-17-6-4-10-25(2)19(17)18-7-5-13-28-18/h5,7,13,17,19,26H,3-4,6,8-12,14-16H2,1-2H3,(H2,22,23,24). The summed E-state index contributed by atoms with van der Waals surface area (Å²) >= 11 is 1.86. The molecular formula is C21H36N4O2S. The van der Waals surface area contributed by atoms with Crippen molar-refractivity contribution in [3.8, 4) is 0 Å². The molecule has 3 heterocycles. The van der Waals surface area contributed by atoms with Crippen LogP contribution in [0.1, 0.15) is 43.5 Å². The zero-order chi connectivity index (χ0) is 19.8. The van der Waals surface area contributed by atoms with E-state index in [9.17, 15) is 5.11 Å². The van der Waals surface area contributed by atoms with Crippen molar-refractivity contribution in [1.82, 2.24) is 15.5 Å². The summed E-state index contributed by atoms with van der Waals surface area (Å²) < 4.78 is 5.60.